The number of likely N-dealkylation sites (N-methyl/N-ethyl adjacent to an activating group) is 1. The van der Waals surface area contributed by atoms with Gasteiger partial charge < -0.3 is 19.9 Å². The normalized spacial score (nSPS) is 26.4. The fourth-order valence-electron chi connectivity index (χ4n) is 5.16. The minimum atomic E-state index is -0.514. The molecule has 2 N–H and O–H groups in total. The molecule has 2 aliphatic rings. The Bertz CT molecular complexity index is 1030. The van der Waals surface area contributed by atoms with Crippen LogP contribution in [0, 0.1) is 5.41 Å². The van der Waals surface area contributed by atoms with Crippen molar-refractivity contribution < 1.29 is 14.3 Å². The molecule has 9 heteroatoms. The van der Waals surface area contributed by atoms with E-state index in [1.165, 1.54) is 7.11 Å². The van der Waals surface area contributed by atoms with Crippen molar-refractivity contribution in [1.82, 2.24) is 20.2 Å². The van der Waals surface area contributed by atoms with Gasteiger partial charge in [-0.15, -0.1) is 0 Å². The maximum Gasteiger partial charge on any atom is 0.407 e. The molecule has 2 heterocycles. The minimum Gasteiger partial charge on any atom is -0.453 e. The van der Waals surface area contributed by atoms with Crippen LogP contribution >= 0.6 is 11.6 Å². The lowest BCUT2D eigenvalue weighted by Gasteiger charge is -2.41. The second-order valence-electron chi connectivity index (χ2n) is 9.64. The number of hydrogen-bond donors (Lipinski definition) is 2. The second kappa shape index (κ2) is 9.50. The fourth-order valence-corrected chi connectivity index (χ4v) is 5.44. The molecule has 0 radical (unpaired) electrons. The Morgan fingerprint density at radius 1 is 1.30 bits per heavy atom. The summed E-state index contributed by atoms with van der Waals surface area (Å²) in [5.41, 5.74) is 1.99. The molecule has 4 rings (SSSR count). The van der Waals surface area contributed by atoms with Crippen molar-refractivity contribution in [2.24, 2.45) is 5.41 Å². The minimum absolute atomic E-state index is 0.0119. The van der Waals surface area contributed by atoms with Crippen molar-refractivity contribution in [1.29, 1.82) is 0 Å². The SMILES string of the molecule is CCN1CCN(c2cc3nc(C(=O)C4(C)CCC(NC(=O)OC)CC4)[nH]c3cc2Cl)[C@@H](C)C1. The van der Waals surface area contributed by atoms with E-state index in [9.17, 15) is 9.59 Å². The lowest BCUT2D eigenvalue weighted by atomic mass is 9.71. The molecular formula is C24H34ClN5O3. The Balaban J connectivity index is 1.51. The zero-order valence-corrected chi connectivity index (χ0v) is 20.7. The smallest absolute Gasteiger partial charge is 0.407 e. The number of aromatic nitrogens is 2. The van der Waals surface area contributed by atoms with Gasteiger partial charge in [0.15, 0.2) is 5.82 Å². The number of carbonyl (C=O) groups excluding carboxylic acids is 2. The molecule has 1 saturated carbocycles. The number of methoxy groups -OCH3 is 1. The Hall–Kier alpha value is -2.32. The van der Waals surface area contributed by atoms with Crippen molar-refractivity contribution in [3.63, 3.8) is 0 Å². The third-order valence-electron chi connectivity index (χ3n) is 7.38. The molecule has 2 aromatic rings. The number of ketones is 1. The van der Waals surface area contributed by atoms with Crippen molar-refractivity contribution in [3.05, 3.63) is 23.0 Å². The molecule has 1 saturated heterocycles. The van der Waals surface area contributed by atoms with Crippen LogP contribution in [0.15, 0.2) is 12.1 Å². The predicted octanol–water partition coefficient (Wildman–Crippen LogP) is 4.23. The summed E-state index contributed by atoms with van der Waals surface area (Å²) in [6.45, 7) is 10.4. The maximum absolute atomic E-state index is 13.4. The number of halogens is 1. The zero-order valence-electron chi connectivity index (χ0n) is 19.9. The summed E-state index contributed by atoms with van der Waals surface area (Å²) in [4.78, 5) is 37.6. The monoisotopic (exact) mass is 475 g/mol. The maximum atomic E-state index is 13.4. The Kier molecular flexibility index (Phi) is 6.86. The van der Waals surface area contributed by atoms with Gasteiger partial charge in [-0.05, 0) is 51.3 Å². The lowest BCUT2D eigenvalue weighted by molar-refractivity contribution is 0.0715. The van der Waals surface area contributed by atoms with Crippen LogP contribution in [0.2, 0.25) is 5.02 Å². The van der Waals surface area contributed by atoms with E-state index >= 15 is 0 Å². The third-order valence-corrected chi connectivity index (χ3v) is 7.68. The average Bonchev–Trinajstić information content (AvgIpc) is 3.22. The van der Waals surface area contributed by atoms with Crippen LogP contribution in [-0.4, -0.2) is 72.1 Å². The molecule has 1 aliphatic carbocycles. The van der Waals surface area contributed by atoms with E-state index < -0.39 is 11.5 Å². The summed E-state index contributed by atoms with van der Waals surface area (Å²) in [6.07, 6.45) is 2.40. The number of piperazine rings is 1. The van der Waals surface area contributed by atoms with E-state index in [1.54, 1.807) is 0 Å². The number of nitrogens with one attached hydrogen (secondary N) is 2. The number of Topliss-reactive ketones (excluding diaryl/α,β-unsaturated/α-hetero) is 1. The Labute approximate surface area is 200 Å². The van der Waals surface area contributed by atoms with Crippen LogP contribution in [0.1, 0.15) is 57.1 Å². The standard InChI is InChI=1S/C24H34ClN5O3/c1-5-29-10-11-30(15(2)14-29)20-13-19-18(12-17(20)25)27-22(28-19)21(31)24(3)8-6-16(7-9-24)26-23(32)33-4/h12-13,15-16H,5-11,14H2,1-4H3,(H,26,32)(H,27,28)/t15-,16?,24?/m0/s1. The summed E-state index contributed by atoms with van der Waals surface area (Å²) in [5.74, 6) is 0.391. The van der Waals surface area contributed by atoms with E-state index in [-0.39, 0.29) is 11.8 Å². The summed E-state index contributed by atoms with van der Waals surface area (Å²) < 4.78 is 4.69. The van der Waals surface area contributed by atoms with E-state index in [0.29, 0.717) is 29.7 Å². The predicted molar refractivity (Wildman–Crippen MR) is 130 cm³/mol. The number of carbonyl (C=O) groups is 2. The van der Waals surface area contributed by atoms with Crippen LogP contribution in [0.25, 0.3) is 11.0 Å². The lowest BCUT2D eigenvalue weighted by Crippen LogP contribution is -2.51. The first kappa shape index (κ1) is 23.8. The molecule has 1 aliphatic heterocycles. The van der Waals surface area contributed by atoms with Gasteiger partial charge in [0.05, 0.1) is 28.9 Å². The first-order valence-corrected chi connectivity index (χ1v) is 12.2. The largest absolute Gasteiger partial charge is 0.453 e. The van der Waals surface area contributed by atoms with Gasteiger partial charge in [-0.3, -0.25) is 9.69 Å². The molecule has 1 atom stereocenters. The van der Waals surface area contributed by atoms with Gasteiger partial charge in [-0.1, -0.05) is 25.4 Å². The van der Waals surface area contributed by atoms with Gasteiger partial charge in [0, 0.05) is 37.1 Å². The molecular weight excluding hydrogens is 442 g/mol. The van der Waals surface area contributed by atoms with Crippen LogP contribution in [0.5, 0.6) is 0 Å². The first-order chi connectivity index (χ1) is 15.7. The van der Waals surface area contributed by atoms with E-state index in [0.717, 1.165) is 55.7 Å². The summed E-state index contributed by atoms with van der Waals surface area (Å²) in [7, 11) is 1.36. The Morgan fingerprint density at radius 3 is 2.67 bits per heavy atom. The summed E-state index contributed by atoms with van der Waals surface area (Å²) >= 11 is 6.67. The number of imidazole rings is 1. The number of alkyl carbamates (subject to hydrolysis) is 1. The van der Waals surface area contributed by atoms with Gasteiger partial charge in [-0.2, -0.15) is 0 Å². The number of aromatic amines is 1. The zero-order chi connectivity index (χ0) is 23.8. The van der Waals surface area contributed by atoms with Crippen LogP contribution in [0.3, 0.4) is 0 Å². The highest BCUT2D eigenvalue weighted by atomic mass is 35.5. The number of hydrogen-bond acceptors (Lipinski definition) is 6. The molecule has 2 fully saturated rings. The molecule has 33 heavy (non-hydrogen) atoms. The number of ether oxygens (including phenoxy) is 1. The number of benzene rings is 1. The second-order valence-corrected chi connectivity index (χ2v) is 10.0. The van der Waals surface area contributed by atoms with E-state index in [4.69, 9.17) is 11.6 Å². The van der Waals surface area contributed by atoms with Gasteiger partial charge in [0.2, 0.25) is 5.78 Å². The van der Waals surface area contributed by atoms with Crippen LogP contribution < -0.4 is 10.2 Å². The Morgan fingerprint density at radius 2 is 2.03 bits per heavy atom. The van der Waals surface area contributed by atoms with Crippen molar-refractivity contribution in [3.8, 4) is 0 Å². The molecule has 0 unspecified atom stereocenters. The van der Waals surface area contributed by atoms with Gasteiger partial charge >= 0.3 is 6.09 Å². The summed E-state index contributed by atoms with van der Waals surface area (Å²) in [5, 5.41) is 3.51. The van der Waals surface area contributed by atoms with E-state index in [2.05, 4.69) is 43.7 Å². The molecule has 1 aromatic heterocycles. The summed E-state index contributed by atoms with van der Waals surface area (Å²) in [6, 6.07) is 4.27. The number of H-pyrrole nitrogens is 1. The fraction of sp³-hybridized carbons (Fsp3) is 0.625. The number of nitrogens with zero attached hydrogens (tertiary/aromatic N) is 3. The van der Waals surface area contributed by atoms with Crippen LogP contribution in [0.4, 0.5) is 10.5 Å². The van der Waals surface area contributed by atoms with Gasteiger partial charge in [0.25, 0.3) is 0 Å². The van der Waals surface area contributed by atoms with Gasteiger partial charge in [-0.25, -0.2) is 9.78 Å². The quantitative estimate of drug-likeness (QED) is 0.629. The molecule has 180 valence electrons. The third kappa shape index (κ3) is 4.82. The number of rotatable bonds is 5. The highest BCUT2D eigenvalue weighted by molar-refractivity contribution is 6.34. The van der Waals surface area contributed by atoms with Crippen molar-refractivity contribution in [2.75, 3.05) is 38.2 Å². The van der Waals surface area contributed by atoms with E-state index in [1.807, 2.05) is 19.1 Å². The number of fused-ring (bicyclic) bond motifs is 1. The van der Waals surface area contributed by atoms with Crippen molar-refractivity contribution >= 4 is 40.2 Å². The van der Waals surface area contributed by atoms with Gasteiger partial charge in [0.1, 0.15) is 0 Å². The van der Waals surface area contributed by atoms with Crippen molar-refractivity contribution in [2.45, 2.75) is 58.5 Å². The topological polar surface area (TPSA) is 90.6 Å². The van der Waals surface area contributed by atoms with Crippen LogP contribution in [-0.2, 0) is 4.74 Å². The highest BCUT2D eigenvalue weighted by Gasteiger charge is 2.40. The number of anilines is 1. The first-order valence-electron chi connectivity index (χ1n) is 11.8. The molecule has 1 amide bonds. The molecule has 0 bridgehead atoms. The highest BCUT2D eigenvalue weighted by Crippen LogP contribution is 2.39. The molecule has 8 nitrogen and oxygen atoms in total. The average molecular weight is 476 g/mol. The molecule has 0 spiro atoms. The number of amides is 1. The molecule has 1 aromatic carbocycles.